The van der Waals surface area contributed by atoms with Gasteiger partial charge in [0.1, 0.15) is 0 Å². The van der Waals surface area contributed by atoms with Crippen molar-refractivity contribution in [2.45, 2.75) is 38.6 Å². The summed E-state index contributed by atoms with van der Waals surface area (Å²) in [7, 11) is -1.45. The summed E-state index contributed by atoms with van der Waals surface area (Å²) in [6, 6.07) is 0. The van der Waals surface area contributed by atoms with Gasteiger partial charge in [-0.15, -0.1) is 0 Å². The Morgan fingerprint density at radius 3 is 0.909 bits per heavy atom. The lowest BCUT2D eigenvalue weighted by atomic mass is 10.1. The van der Waals surface area contributed by atoms with Gasteiger partial charge < -0.3 is 61.8 Å². The van der Waals surface area contributed by atoms with Crippen LogP contribution < -0.4 is 5.32 Å². The molecule has 1 aliphatic rings. The standard InChI is InChI=1S/C30H63NO12Si/c1-44(2,3)43-29-27-41-25-23-39-21-19-37-17-15-35-13-11-33-9-8-32-10-12-34-14-16-36-18-20-38-22-24-40-26-28-42-30-4-6-31-7-5-30/h30-31H,4-29H2,1-3H3. The van der Waals surface area contributed by atoms with Crippen LogP contribution in [0.25, 0.3) is 0 Å². The number of nitrogens with one attached hydrogen (secondary N) is 1. The van der Waals surface area contributed by atoms with Crippen LogP contribution in [0.5, 0.6) is 0 Å². The van der Waals surface area contributed by atoms with Gasteiger partial charge in [0.15, 0.2) is 8.32 Å². The third-order valence-corrected chi connectivity index (χ3v) is 7.05. The van der Waals surface area contributed by atoms with E-state index in [0.29, 0.717) is 151 Å². The van der Waals surface area contributed by atoms with E-state index in [1.165, 1.54) is 0 Å². The van der Waals surface area contributed by atoms with Crippen LogP contribution in [0.3, 0.4) is 0 Å². The van der Waals surface area contributed by atoms with Gasteiger partial charge in [-0.3, -0.25) is 0 Å². The van der Waals surface area contributed by atoms with E-state index in [1.54, 1.807) is 0 Å². The molecule has 0 radical (unpaired) electrons. The second-order valence-corrected chi connectivity index (χ2v) is 15.4. The fourth-order valence-electron chi connectivity index (χ4n) is 3.72. The van der Waals surface area contributed by atoms with Gasteiger partial charge in [0.25, 0.3) is 0 Å². The molecule has 0 unspecified atom stereocenters. The Balaban J connectivity index is 1.61. The van der Waals surface area contributed by atoms with Crippen LogP contribution in [-0.4, -0.2) is 173 Å². The third kappa shape index (κ3) is 33.1. The second-order valence-electron chi connectivity index (χ2n) is 10.9. The second kappa shape index (κ2) is 32.6. The predicted octanol–water partition coefficient (Wildman–Crippen LogP) is 1.77. The summed E-state index contributed by atoms with van der Waals surface area (Å²) in [6.07, 6.45) is 2.54. The molecular formula is C30H63NO12Si. The van der Waals surface area contributed by atoms with E-state index in [1.807, 2.05) is 0 Å². The Bertz CT molecular complexity index is 571. The molecule has 0 aromatic carbocycles. The van der Waals surface area contributed by atoms with E-state index in [4.69, 9.17) is 56.5 Å². The summed E-state index contributed by atoms with van der Waals surface area (Å²) in [5.74, 6) is 0. The summed E-state index contributed by atoms with van der Waals surface area (Å²) in [4.78, 5) is 0. The zero-order valence-corrected chi connectivity index (χ0v) is 28.9. The lowest BCUT2D eigenvalue weighted by molar-refractivity contribution is -0.0325. The Hall–Kier alpha value is -0.303. The highest BCUT2D eigenvalue weighted by atomic mass is 28.4. The van der Waals surface area contributed by atoms with Crippen molar-refractivity contribution in [3.8, 4) is 0 Å². The molecule has 0 spiro atoms. The number of ether oxygens (including phenoxy) is 11. The highest BCUT2D eigenvalue weighted by Crippen LogP contribution is 2.06. The molecule has 0 atom stereocenters. The van der Waals surface area contributed by atoms with Gasteiger partial charge in [0.2, 0.25) is 0 Å². The molecule has 0 aromatic heterocycles. The minimum absolute atomic E-state index is 0.374. The molecule has 1 fully saturated rings. The van der Waals surface area contributed by atoms with Crippen LogP contribution in [0.2, 0.25) is 19.6 Å². The summed E-state index contributed by atoms with van der Waals surface area (Å²) in [5, 5.41) is 3.33. The Kier molecular flexibility index (Phi) is 30.9. The first-order chi connectivity index (χ1) is 21.6. The fraction of sp³-hybridized carbons (Fsp3) is 1.00. The predicted molar refractivity (Wildman–Crippen MR) is 169 cm³/mol. The molecule has 0 amide bonds. The van der Waals surface area contributed by atoms with Crippen molar-refractivity contribution in [3.63, 3.8) is 0 Å². The smallest absolute Gasteiger partial charge is 0.183 e. The van der Waals surface area contributed by atoms with E-state index in [9.17, 15) is 0 Å². The molecule has 14 heteroatoms. The Morgan fingerprint density at radius 2 is 0.636 bits per heavy atom. The maximum absolute atomic E-state index is 5.79. The lowest BCUT2D eigenvalue weighted by Crippen LogP contribution is -2.33. The van der Waals surface area contributed by atoms with Gasteiger partial charge in [0, 0.05) is 0 Å². The molecule has 1 saturated heterocycles. The van der Waals surface area contributed by atoms with Gasteiger partial charge in [-0.2, -0.15) is 0 Å². The molecule has 1 heterocycles. The first-order valence-corrected chi connectivity index (χ1v) is 19.7. The minimum atomic E-state index is -1.45. The highest BCUT2D eigenvalue weighted by molar-refractivity contribution is 6.69. The minimum Gasteiger partial charge on any atom is -0.415 e. The van der Waals surface area contributed by atoms with Gasteiger partial charge >= 0.3 is 0 Å². The molecule has 1 rings (SSSR count). The summed E-state index contributed by atoms with van der Waals surface area (Å²) in [6.45, 7) is 20.7. The molecule has 0 saturated carbocycles. The SMILES string of the molecule is C[Si](C)(C)OCCOCCOCCOCCOCCOCCOCCOCCOCCOCCOCCOC1CCNCC1. The van der Waals surface area contributed by atoms with E-state index in [0.717, 1.165) is 25.9 Å². The quantitative estimate of drug-likeness (QED) is 0.0788. The lowest BCUT2D eigenvalue weighted by Gasteiger charge is -2.22. The van der Waals surface area contributed by atoms with Gasteiger partial charge in [-0.05, 0) is 45.6 Å². The Morgan fingerprint density at radius 1 is 0.386 bits per heavy atom. The molecule has 0 bridgehead atoms. The zero-order valence-electron chi connectivity index (χ0n) is 27.9. The van der Waals surface area contributed by atoms with Crippen molar-refractivity contribution in [1.82, 2.24) is 5.32 Å². The first kappa shape index (κ1) is 41.7. The van der Waals surface area contributed by atoms with E-state index in [2.05, 4.69) is 25.0 Å². The van der Waals surface area contributed by atoms with Crippen molar-refractivity contribution < 1.29 is 56.5 Å². The molecular weight excluding hydrogens is 594 g/mol. The van der Waals surface area contributed by atoms with Crippen LogP contribution in [0.15, 0.2) is 0 Å². The van der Waals surface area contributed by atoms with Crippen molar-refractivity contribution in [2.24, 2.45) is 0 Å². The van der Waals surface area contributed by atoms with Crippen molar-refractivity contribution in [3.05, 3.63) is 0 Å². The molecule has 1 aliphatic heterocycles. The van der Waals surface area contributed by atoms with Crippen LogP contribution in [0.4, 0.5) is 0 Å². The van der Waals surface area contributed by atoms with E-state index >= 15 is 0 Å². The van der Waals surface area contributed by atoms with Gasteiger partial charge in [-0.25, -0.2) is 0 Å². The van der Waals surface area contributed by atoms with E-state index < -0.39 is 8.32 Å². The zero-order chi connectivity index (χ0) is 31.7. The summed E-state index contributed by atoms with van der Waals surface area (Å²) < 4.78 is 66.4. The van der Waals surface area contributed by atoms with Crippen LogP contribution in [0.1, 0.15) is 12.8 Å². The topological polar surface area (TPSA) is 123 Å². The average Bonchev–Trinajstić information content (AvgIpc) is 3.01. The maximum atomic E-state index is 5.79. The number of piperidine rings is 1. The molecule has 1 N–H and O–H groups in total. The Labute approximate surface area is 267 Å². The van der Waals surface area contributed by atoms with Crippen molar-refractivity contribution in [1.29, 1.82) is 0 Å². The van der Waals surface area contributed by atoms with Crippen LogP contribution in [-0.2, 0) is 56.5 Å². The summed E-state index contributed by atoms with van der Waals surface area (Å²) in [5.41, 5.74) is 0. The number of hydrogen-bond donors (Lipinski definition) is 1. The largest absolute Gasteiger partial charge is 0.415 e. The van der Waals surface area contributed by atoms with Crippen LogP contribution in [0, 0.1) is 0 Å². The van der Waals surface area contributed by atoms with Gasteiger partial charge in [-0.1, -0.05) is 0 Å². The fourth-order valence-corrected chi connectivity index (χ4v) is 4.42. The number of hydrogen-bond acceptors (Lipinski definition) is 13. The molecule has 44 heavy (non-hydrogen) atoms. The van der Waals surface area contributed by atoms with Crippen LogP contribution >= 0.6 is 0 Å². The van der Waals surface area contributed by atoms with E-state index in [-0.39, 0.29) is 0 Å². The third-order valence-electron chi connectivity index (χ3n) is 5.98. The number of rotatable bonds is 35. The molecule has 0 aliphatic carbocycles. The molecule has 13 nitrogen and oxygen atoms in total. The molecule has 264 valence electrons. The highest BCUT2D eigenvalue weighted by Gasteiger charge is 2.13. The van der Waals surface area contributed by atoms with Gasteiger partial charge in [0.05, 0.1) is 151 Å². The summed E-state index contributed by atoms with van der Waals surface area (Å²) >= 11 is 0. The first-order valence-electron chi connectivity index (χ1n) is 16.3. The van der Waals surface area contributed by atoms with Crippen molar-refractivity contribution in [2.75, 3.05) is 158 Å². The maximum Gasteiger partial charge on any atom is 0.183 e. The molecule has 0 aromatic rings. The average molecular weight is 658 g/mol. The normalized spacial score (nSPS) is 14.5. The van der Waals surface area contributed by atoms with Crippen molar-refractivity contribution >= 4 is 8.32 Å². The monoisotopic (exact) mass is 657 g/mol.